The second-order valence-corrected chi connectivity index (χ2v) is 3.81. The Morgan fingerprint density at radius 2 is 2.11 bits per heavy atom. The molecule has 4 N–H and O–H groups in total. The Bertz CT molecular complexity index is 508. The Kier molecular flexibility index (Phi) is 3.59. The molecule has 1 aromatic heterocycles. The average Bonchev–Trinajstić information content (AvgIpc) is 2.85. The zero-order valence-corrected chi connectivity index (χ0v) is 9.54. The van der Waals surface area contributed by atoms with E-state index in [0.717, 1.165) is 5.56 Å². The molecule has 0 bridgehead atoms. The molecule has 6 heteroatoms. The van der Waals surface area contributed by atoms with Crippen molar-refractivity contribution >= 4 is 5.97 Å². The molecule has 0 aliphatic carbocycles. The smallest absolute Gasteiger partial charge is 0.330 e. The van der Waals surface area contributed by atoms with Gasteiger partial charge in [-0.3, -0.25) is 5.10 Å². The molecule has 0 unspecified atom stereocenters. The van der Waals surface area contributed by atoms with Crippen LogP contribution in [0, 0.1) is 0 Å². The van der Waals surface area contributed by atoms with Crippen LogP contribution in [0.2, 0.25) is 0 Å². The standard InChI is InChI=1S/C12H13N3O3/c13-10(7-8-1-3-9(16)4-2-8)12(17)18-11-5-6-14-15-11/h1-6,10,16H,7,13H2,(H,14,15)/t10-/m0/s1. The highest BCUT2D eigenvalue weighted by atomic mass is 16.5. The van der Waals surface area contributed by atoms with Gasteiger partial charge in [0, 0.05) is 12.3 Å². The van der Waals surface area contributed by atoms with E-state index in [0.29, 0.717) is 6.42 Å². The lowest BCUT2D eigenvalue weighted by atomic mass is 10.1. The van der Waals surface area contributed by atoms with E-state index in [2.05, 4.69) is 10.2 Å². The molecule has 0 saturated heterocycles. The highest BCUT2D eigenvalue weighted by Crippen LogP contribution is 2.11. The van der Waals surface area contributed by atoms with Gasteiger partial charge in [-0.2, -0.15) is 0 Å². The molecule has 2 rings (SSSR count). The van der Waals surface area contributed by atoms with Crippen LogP contribution in [0.5, 0.6) is 11.6 Å². The first kappa shape index (κ1) is 12.1. The van der Waals surface area contributed by atoms with Crippen LogP contribution in [0.4, 0.5) is 0 Å². The average molecular weight is 247 g/mol. The minimum absolute atomic E-state index is 0.173. The first-order valence-electron chi connectivity index (χ1n) is 5.40. The number of H-pyrrole nitrogens is 1. The van der Waals surface area contributed by atoms with Crippen molar-refractivity contribution in [3.05, 3.63) is 42.1 Å². The van der Waals surface area contributed by atoms with Gasteiger partial charge in [-0.1, -0.05) is 12.1 Å². The molecule has 0 amide bonds. The number of nitrogens with two attached hydrogens (primary N) is 1. The van der Waals surface area contributed by atoms with E-state index in [1.165, 1.54) is 6.07 Å². The summed E-state index contributed by atoms with van der Waals surface area (Å²) in [5.74, 6) is -0.178. The molecule has 6 nitrogen and oxygen atoms in total. The van der Waals surface area contributed by atoms with E-state index in [1.54, 1.807) is 30.5 Å². The fourth-order valence-electron chi connectivity index (χ4n) is 1.45. The number of benzene rings is 1. The van der Waals surface area contributed by atoms with Gasteiger partial charge in [-0.25, -0.2) is 4.79 Å². The number of nitrogens with zero attached hydrogens (tertiary/aromatic N) is 1. The third-order valence-corrected chi connectivity index (χ3v) is 2.38. The van der Waals surface area contributed by atoms with Gasteiger partial charge < -0.3 is 15.6 Å². The summed E-state index contributed by atoms with van der Waals surface area (Å²) in [7, 11) is 0. The maximum Gasteiger partial charge on any atom is 0.330 e. The molecule has 1 heterocycles. The van der Waals surface area contributed by atoms with Crippen LogP contribution in [0.15, 0.2) is 36.5 Å². The first-order chi connectivity index (χ1) is 8.65. The van der Waals surface area contributed by atoms with Crippen LogP contribution in [0.1, 0.15) is 5.56 Å². The Morgan fingerprint density at radius 1 is 1.39 bits per heavy atom. The molecule has 2 aromatic rings. The Hall–Kier alpha value is -2.34. The van der Waals surface area contributed by atoms with Crippen LogP contribution in [-0.4, -0.2) is 27.3 Å². The minimum Gasteiger partial charge on any atom is -0.508 e. The number of phenolic OH excluding ortho intramolecular Hbond substituents is 1. The second-order valence-electron chi connectivity index (χ2n) is 3.81. The number of ether oxygens (including phenoxy) is 1. The van der Waals surface area contributed by atoms with Gasteiger partial charge in [0.2, 0.25) is 5.88 Å². The minimum atomic E-state index is -0.772. The quantitative estimate of drug-likeness (QED) is 0.686. The van der Waals surface area contributed by atoms with E-state index < -0.39 is 12.0 Å². The predicted octanol–water partition coefficient (Wildman–Crippen LogP) is 0.591. The van der Waals surface area contributed by atoms with Crippen molar-refractivity contribution in [2.75, 3.05) is 0 Å². The number of aromatic hydroxyl groups is 1. The van der Waals surface area contributed by atoms with Crippen molar-refractivity contribution in [2.24, 2.45) is 5.73 Å². The molecular formula is C12H13N3O3. The molecule has 0 saturated carbocycles. The summed E-state index contributed by atoms with van der Waals surface area (Å²) in [5.41, 5.74) is 6.58. The number of rotatable bonds is 4. The molecule has 1 aromatic carbocycles. The van der Waals surface area contributed by atoms with Gasteiger partial charge in [-0.05, 0) is 24.1 Å². The first-order valence-corrected chi connectivity index (χ1v) is 5.40. The van der Waals surface area contributed by atoms with Crippen molar-refractivity contribution in [2.45, 2.75) is 12.5 Å². The number of hydrogen-bond donors (Lipinski definition) is 3. The largest absolute Gasteiger partial charge is 0.508 e. The number of carbonyl (C=O) groups is 1. The van der Waals surface area contributed by atoms with Crippen molar-refractivity contribution in [3.63, 3.8) is 0 Å². The summed E-state index contributed by atoms with van der Waals surface area (Å²) in [6.45, 7) is 0. The number of phenols is 1. The Balaban J connectivity index is 1.93. The number of carbonyl (C=O) groups excluding carboxylic acids is 1. The zero-order valence-electron chi connectivity index (χ0n) is 9.54. The van der Waals surface area contributed by atoms with Crippen LogP contribution >= 0.6 is 0 Å². The molecule has 18 heavy (non-hydrogen) atoms. The summed E-state index contributed by atoms with van der Waals surface area (Å²) in [5, 5.41) is 15.4. The number of nitrogens with one attached hydrogen (secondary N) is 1. The third-order valence-electron chi connectivity index (χ3n) is 2.38. The van der Waals surface area contributed by atoms with Crippen molar-refractivity contribution < 1.29 is 14.6 Å². The van der Waals surface area contributed by atoms with Crippen molar-refractivity contribution in [1.29, 1.82) is 0 Å². The summed E-state index contributed by atoms with van der Waals surface area (Å²) >= 11 is 0. The van der Waals surface area contributed by atoms with Gasteiger partial charge >= 0.3 is 5.97 Å². The molecular weight excluding hydrogens is 234 g/mol. The number of aromatic amines is 1. The highest BCUT2D eigenvalue weighted by molar-refractivity contribution is 5.77. The van der Waals surface area contributed by atoms with Gasteiger partial charge in [0.1, 0.15) is 11.8 Å². The number of aromatic nitrogens is 2. The molecule has 94 valence electrons. The Morgan fingerprint density at radius 3 is 2.72 bits per heavy atom. The lowest BCUT2D eigenvalue weighted by molar-refractivity contribution is -0.136. The topological polar surface area (TPSA) is 101 Å². The predicted molar refractivity (Wildman–Crippen MR) is 64.0 cm³/mol. The summed E-state index contributed by atoms with van der Waals surface area (Å²) in [6, 6.07) is 7.26. The van der Waals surface area contributed by atoms with E-state index in [9.17, 15) is 4.79 Å². The van der Waals surface area contributed by atoms with Crippen molar-refractivity contribution in [1.82, 2.24) is 10.2 Å². The van der Waals surface area contributed by atoms with Gasteiger partial charge in [-0.15, -0.1) is 5.10 Å². The van der Waals surface area contributed by atoms with E-state index >= 15 is 0 Å². The molecule has 0 aliphatic rings. The maximum atomic E-state index is 11.6. The zero-order chi connectivity index (χ0) is 13.0. The molecule has 0 aliphatic heterocycles. The van der Waals surface area contributed by atoms with Crippen molar-refractivity contribution in [3.8, 4) is 11.6 Å². The normalized spacial score (nSPS) is 12.1. The summed E-state index contributed by atoms with van der Waals surface area (Å²) in [6.07, 6.45) is 1.89. The fraction of sp³-hybridized carbons (Fsp3) is 0.167. The third kappa shape index (κ3) is 3.08. The van der Waals surface area contributed by atoms with Gasteiger partial charge in [0.05, 0.1) is 0 Å². The highest BCUT2D eigenvalue weighted by Gasteiger charge is 2.17. The van der Waals surface area contributed by atoms with Crippen LogP contribution in [0.25, 0.3) is 0 Å². The van der Waals surface area contributed by atoms with E-state index in [4.69, 9.17) is 15.6 Å². The molecule has 0 radical (unpaired) electrons. The fourth-order valence-corrected chi connectivity index (χ4v) is 1.45. The Labute approximate surface area is 103 Å². The molecule has 0 fully saturated rings. The van der Waals surface area contributed by atoms with Gasteiger partial charge in [0.25, 0.3) is 0 Å². The molecule has 1 atom stereocenters. The lowest BCUT2D eigenvalue weighted by Crippen LogP contribution is -2.36. The van der Waals surface area contributed by atoms with Crippen LogP contribution in [0.3, 0.4) is 0 Å². The van der Waals surface area contributed by atoms with E-state index in [1.807, 2.05) is 0 Å². The number of esters is 1. The van der Waals surface area contributed by atoms with Crippen LogP contribution < -0.4 is 10.5 Å². The summed E-state index contributed by atoms with van der Waals surface area (Å²) < 4.78 is 4.96. The van der Waals surface area contributed by atoms with E-state index in [-0.39, 0.29) is 11.6 Å². The monoisotopic (exact) mass is 247 g/mol. The van der Waals surface area contributed by atoms with Crippen LogP contribution in [-0.2, 0) is 11.2 Å². The molecule has 0 spiro atoms. The number of hydrogen-bond acceptors (Lipinski definition) is 5. The summed E-state index contributed by atoms with van der Waals surface area (Å²) in [4.78, 5) is 11.6. The SMILES string of the molecule is N[C@@H](Cc1ccc(O)cc1)C(=O)Oc1cc[nH]n1. The second kappa shape index (κ2) is 5.33. The van der Waals surface area contributed by atoms with Gasteiger partial charge in [0.15, 0.2) is 0 Å². The lowest BCUT2D eigenvalue weighted by Gasteiger charge is -2.09. The maximum absolute atomic E-state index is 11.6.